The first-order chi connectivity index (χ1) is 8.20. The molecule has 0 aliphatic heterocycles. The molecule has 2 rings (SSSR count). The Morgan fingerprint density at radius 3 is 2.29 bits per heavy atom. The third kappa shape index (κ3) is 2.87. The van der Waals surface area contributed by atoms with E-state index in [2.05, 4.69) is 48.6 Å². The smallest absolute Gasteiger partial charge is 0.0451 e. The van der Waals surface area contributed by atoms with Crippen LogP contribution in [0, 0.1) is 6.92 Å². The van der Waals surface area contributed by atoms with Gasteiger partial charge in [0.05, 0.1) is 0 Å². The van der Waals surface area contributed by atoms with E-state index in [1.165, 1.54) is 16.7 Å². The molecular weight excluding hydrogens is 230 g/mol. The number of aryl methyl sites for hydroxylation is 1. The number of hydrogen-bond acceptors (Lipinski definition) is 1. The van der Waals surface area contributed by atoms with E-state index >= 15 is 0 Å². The van der Waals surface area contributed by atoms with Crippen molar-refractivity contribution in [3.63, 3.8) is 0 Å². The zero-order valence-corrected chi connectivity index (χ0v) is 10.9. The molecule has 0 fully saturated rings. The summed E-state index contributed by atoms with van der Waals surface area (Å²) in [7, 11) is 1.93. The van der Waals surface area contributed by atoms with Crippen molar-refractivity contribution in [2.24, 2.45) is 0 Å². The highest BCUT2D eigenvalue weighted by Gasteiger charge is 2.03. The Morgan fingerprint density at radius 1 is 1.00 bits per heavy atom. The summed E-state index contributed by atoms with van der Waals surface area (Å²) in [6.45, 7) is 2.89. The number of hydrogen-bond donors (Lipinski definition) is 1. The molecule has 0 saturated heterocycles. The topological polar surface area (TPSA) is 12.0 Å². The standard InChI is InChI=1S/C15H16ClN/c1-11-3-5-12(6-4-11)13-7-8-15(16)14(9-13)10-17-2/h3-9,17H,10H2,1-2H3. The average molecular weight is 246 g/mol. The number of nitrogens with one attached hydrogen (secondary N) is 1. The molecule has 0 bridgehead atoms. The summed E-state index contributed by atoms with van der Waals surface area (Å²) in [6, 6.07) is 14.7. The second-order valence-corrected chi connectivity index (χ2v) is 4.61. The van der Waals surface area contributed by atoms with Crippen LogP contribution in [0.4, 0.5) is 0 Å². The van der Waals surface area contributed by atoms with E-state index in [0.717, 1.165) is 17.1 Å². The van der Waals surface area contributed by atoms with E-state index in [-0.39, 0.29) is 0 Å². The maximum Gasteiger partial charge on any atom is 0.0451 e. The monoisotopic (exact) mass is 245 g/mol. The molecule has 1 nitrogen and oxygen atoms in total. The molecule has 17 heavy (non-hydrogen) atoms. The summed E-state index contributed by atoms with van der Waals surface area (Å²) in [4.78, 5) is 0. The van der Waals surface area contributed by atoms with Crippen LogP contribution in [0.5, 0.6) is 0 Å². The lowest BCUT2D eigenvalue weighted by Gasteiger charge is -2.08. The normalized spacial score (nSPS) is 10.5. The van der Waals surface area contributed by atoms with Crippen molar-refractivity contribution >= 4 is 11.6 Å². The van der Waals surface area contributed by atoms with Crippen molar-refractivity contribution in [3.8, 4) is 11.1 Å². The van der Waals surface area contributed by atoms with Crippen LogP contribution in [0.2, 0.25) is 5.02 Å². The molecule has 0 aliphatic rings. The highest BCUT2D eigenvalue weighted by Crippen LogP contribution is 2.25. The van der Waals surface area contributed by atoms with Gasteiger partial charge in [0.15, 0.2) is 0 Å². The molecule has 0 spiro atoms. The Labute approximate surface area is 107 Å². The second-order valence-electron chi connectivity index (χ2n) is 4.20. The largest absolute Gasteiger partial charge is 0.316 e. The van der Waals surface area contributed by atoms with Crippen molar-refractivity contribution in [2.75, 3.05) is 7.05 Å². The highest BCUT2D eigenvalue weighted by molar-refractivity contribution is 6.31. The van der Waals surface area contributed by atoms with Crippen LogP contribution in [0.15, 0.2) is 42.5 Å². The van der Waals surface area contributed by atoms with Gasteiger partial charge in [-0.05, 0) is 42.8 Å². The maximum absolute atomic E-state index is 6.15. The second kappa shape index (κ2) is 5.35. The summed E-state index contributed by atoms with van der Waals surface area (Å²) in [5, 5.41) is 3.94. The van der Waals surface area contributed by atoms with Crippen LogP contribution >= 0.6 is 11.6 Å². The van der Waals surface area contributed by atoms with Crippen molar-refractivity contribution < 1.29 is 0 Å². The van der Waals surface area contributed by atoms with E-state index in [1.54, 1.807) is 0 Å². The van der Waals surface area contributed by atoms with Crippen LogP contribution in [-0.2, 0) is 6.54 Å². The Morgan fingerprint density at radius 2 is 1.65 bits per heavy atom. The van der Waals surface area contributed by atoms with Gasteiger partial charge in [-0.15, -0.1) is 0 Å². The fourth-order valence-electron chi connectivity index (χ4n) is 1.83. The predicted octanol–water partition coefficient (Wildman–Crippen LogP) is 4.03. The molecular formula is C15H16ClN. The Hall–Kier alpha value is -1.31. The number of rotatable bonds is 3. The lowest BCUT2D eigenvalue weighted by Crippen LogP contribution is -2.05. The molecule has 1 N–H and O–H groups in total. The molecule has 2 heteroatoms. The Balaban J connectivity index is 2.39. The quantitative estimate of drug-likeness (QED) is 0.861. The summed E-state index contributed by atoms with van der Waals surface area (Å²) in [5.41, 5.74) is 4.84. The summed E-state index contributed by atoms with van der Waals surface area (Å²) >= 11 is 6.15. The molecule has 0 aliphatic carbocycles. The van der Waals surface area contributed by atoms with Gasteiger partial charge < -0.3 is 5.32 Å². The maximum atomic E-state index is 6.15. The third-order valence-corrected chi connectivity index (χ3v) is 3.17. The van der Waals surface area contributed by atoms with E-state index in [9.17, 15) is 0 Å². The Bertz CT molecular complexity index is 503. The fraction of sp³-hybridized carbons (Fsp3) is 0.200. The average Bonchev–Trinajstić information content (AvgIpc) is 2.33. The van der Waals surface area contributed by atoms with Crippen LogP contribution in [0.25, 0.3) is 11.1 Å². The molecule has 88 valence electrons. The van der Waals surface area contributed by atoms with Gasteiger partial charge in [0.1, 0.15) is 0 Å². The van der Waals surface area contributed by atoms with Crippen molar-refractivity contribution in [1.29, 1.82) is 0 Å². The number of benzene rings is 2. The molecule has 0 radical (unpaired) electrons. The van der Waals surface area contributed by atoms with E-state index in [1.807, 2.05) is 13.1 Å². The first-order valence-electron chi connectivity index (χ1n) is 5.71. The van der Waals surface area contributed by atoms with Crippen LogP contribution in [0.3, 0.4) is 0 Å². The highest BCUT2D eigenvalue weighted by atomic mass is 35.5. The third-order valence-electron chi connectivity index (χ3n) is 2.80. The summed E-state index contributed by atoms with van der Waals surface area (Å²) in [5.74, 6) is 0. The van der Waals surface area contributed by atoms with Crippen LogP contribution in [-0.4, -0.2) is 7.05 Å². The lowest BCUT2D eigenvalue weighted by molar-refractivity contribution is 0.818. The van der Waals surface area contributed by atoms with Gasteiger partial charge in [0.25, 0.3) is 0 Å². The minimum Gasteiger partial charge on any atom is -0.316 e. The number of halogens is 1. The van der Waals surface area contributed by atoms with Crippen molar-refractivity contribution in [1.82, 2.24) is 5.32 Å². The molecule has 0 aromatic heterocycles. The van der Waals surface area contributed by atoms with Gasteiger partial charge in [-0.2, -0.15) is 0 Å². The summed E-state index contributed by atoms with van der Waals surface area (Å²) in [6.07, 6.45) is 0. The molecule has 0 heterocycles. The van der Waals surface area contributed by atoms with E-state index in [4.69, 9.17) is 11.6 Å². The van der Waals surface area contributed by atoms with Gasteiger partial charge in [0, 0.05) is 11.6 Å². The van der Waals surface area contributed by atoms with Gasteiger partial charge in [0.2, 0.25) is 0 Å². The minimum atomic E-state index is 0.790. The van der Waals surface area contributed by atoms with Gasteiger partial charge in [-0.1, -0.05) is 47.5 Å². The van der Waals surface area contributed by atoms with Crippen LogP contribution in [0.1, 0.15) is 11.1 Å². The Kier molecular flexibility index (Phi) is 3.82. The van der Waals surface area contributed by atoms with Gasteiger partial charge in [-0.3, -0.25) is 0 Å². The van der Waals surface area contributed by atoms with Gasteiger partial charge >= 0.3 is 0 Å². The van der Waals surface area contributed by atoms with E-state index in [0.29, 0.717) is 0 Å². The summed E-state index contributed by atoms with van der Waals surface area (Å²) < 4.78 is 0. The molecule has 0 saturated carbocycles. The zero-order chi connectivity index (χ0) is 12.3. The predicted molar refractivity (Wildman–Crippen MR) is 74.4 cm³/mol. The van der Waals surface area contributed by atoms with Crippen molar-refractivity contribution in [2.45, 2.75) is 13.5 Å². The first-order valence-corrected chi connectivity index (χ1v) is 6.08. The molecule has 2 aromatic rings. The van der Waals surface area contributed by atoms with Crippen LogP contribution < -0.4 is 5.32 Å². The molecule has 0 atom stereocenters. The first kappa shape index (κ1) is 12.2. The molecule has 0 amide bonds. The SMILES string of the molecule is CNCc1cc(-c2ccc(C)cc2)ccc1Cl. The lowest BCUT2D eigenvalue weighted by atomic mass is 10.0. The molecule has 2 aromatic carbocycles. The van der Waals surface area contributed by atoms with Gasteiger partial charge in [-0.25, -0.2) is 0 Å². The fourth-order valence-corrected chi connectivity index (χ4v) is 2.01. The van der Waals surface area contributed by atoms with Crippen molar-refractivity contribution in [3.05, 3.63) is 58.6 Å². The minimum absolute atomic E-state index is 0.790. The molecule has 0 unspecified atom stereocenters. The zero-order valence-electron chi connectivity index (χ0n) is 10.1. The van der Waals surface area contributed by atoms with E-state index < -0.39 is 0 Å².